The van der Waals surface area contributed by atoms with Crippen LogP contribution in [0.5, 0.6) is 0 Å². The Kier molecular flexibility index (Phi) is 10.3. The highest BCUT2D eigenvalue weighted by Crippen LogP contribution is 2.45. The predicted octanol–water partition coefficient (Wildman–Crippen LogP) is 6.33. The maximum Gasteiger partial charge on any atom is 0.416 e. The van der Waals surface area contributed by atoms with Crippen LogP contribution in [0.1, 0.15) is 41.5 Å². The number of carbonyl (C=O) groups is 2. The molecule has 216 valence electrons. The molecule has 0 radical (unpaired) electrons. The van der Waals surface area contributed by atoms with Gasteiger partial charge in [-0.15, -0.1) is 0 Å². The van der Waals surface area contributed by atoms with Crippen molar-refractivity contribution in [1.82, 2.24) is 9.88 Å². The van der Waals surface area contributed by atoms with Crippen molar-refractivity contribution in [1.29, 1.82) is 0 Å². The van der Waals surface area contributed by atoms with Gasteiger partial charge in [0.1, 0.15) is 15.8 Å². The first-order valence-corrected chi connectivity index (χ1v) is 16.5. The molecule has 1 aromatic carbocycles. The number of halogens is 4. The number of benzene rings is 1. The van der Waals surface area contributed by atoms with Crippen LogP contribution in [0.4, 0.5) is 18.9 Å². The van der Waals surface area contributed by atoms with Crippen LogP contribution >= 0.6 is 22.6 Å². The molecule has 2 unspecified atom stereocenters. The van der Waals surface area contributed by atoms with Crippen LogP contribution in [0.25, 0.3) is 11.3 Å². The van der Waals surface area contributed by atoms with Crippen molar-refractivity contribution in [3.05, 3.63) is 52.8 Å². The third kappa shape index (κ3) is 7.94. The molecule has 12 heteroatoms. The molecule has 7 nitrogen and oxygen atoms in total. The predicted molar refractivity (Wildman–Crippen MR) is 158 cm³/mol. The number of carbonyl (C=O) groups excluding carboxylic acids is 2. The average Bonchev–Trinajstić information content (AvgIpc) is 2.78. The molecule has 2 amide bonds. The number of rotatable bonds is 9. The number of nitrogens with zero attached hydrogens (tertiary/aromatic N) is 1. The minimum absolute atomic E-state index is 0.0472. The summed E-state index contributed by atoms with van der Waals surface area (Å²) in [5, 5.41) is 4.50. The van der Waals surface area contributed by atoms with Gasteiger partial charge in [0.25, 0.3) is 5.56 Å². The fraction of sp³-hybridized carbons (Fsp3) is 0.519. The van der Waals surface area contributed by atoms with E-state index in [0.29, 0.717) is 11.3 Å². The van der Waals surface area contributed by atoms with E-state index >= 15 is 0 Å². The number of nitrogens with one attached hydrogen (secondary N) is 2. The maximum atomic E-state index is 14.5. The topological polar surface area (TPSA) is 89.4 Å². The zero-order valence-electron chi connectivity index (χ0n) is 23.5. The van der Waals surface area contributed by atoms with Crippen molar-refractivity contribution < 1.29 is 27.2 Å². The smallest absolute Gasteiger partial charge is 0.403 e. The Morgan fingerprint density at radius 1 is 1.05 bits per heavy atom. The van der Waals surface area contributed by atoms with Gasteiger partial charge in [-0.25, -0.2) is 0 Å². The summed E-state index contributed by atoms with van der Waals surface area (Å²) in [6.45, 7) is 12.8. The molecule has 39 heavy (non-hydrogen) atoms. The Balaban J connectivity index is 2.56. The Morgan fingerprint density at radius 3 is 2.08 bits per heavy atom. The number of aromatic nitrogens is 1. The van der Waals surface area contributed by atoms with E-state index in [1.54, 1.807) is 85.9 Å². The highest BCUT2D eigenvalue weighted by molar-refractivity contribution is 14.1. The second kappa shape index (κ2) is 12.1. The molecule has 2 N–H and O–H groups in total. The van der Waals surface area contributed by atoms with Crippen molar-refractivity contribution in [2.24, 2.45) is 5.92 Å². The summed E-state index contributed by atoms with van der Waals surface area (Å²) in [4.78, 5) is 38.3. The SMILES string of the molecule is CC(=O)Nc1ccc(-c2ccccc2)n(CC(=O)NC(I)(C(C)C)C(O[Si](C)(C)C(C)(C)C)C(F)(F)F)c1=O. The van der Waals surface area contributed by atoms with Crippen molar-refractivity contribution in [2.45, 2.75) is 82.0 Å². The molecule has 0 saturated carbocycles. The fourth-order valence-corrected chi connectivity index (χ4v) is 5.94. The van der Waals surface area contributed by atoms with Crippen LogP contribution in [0.15, 0.2) is 47.3 Å². The van der Waals surface area contributed by atoms with Crippen molar-refractivity contribution >= 4 is 48.4 Å². The second-order valence-corrected chi connectivity index (χ2v) is 17.9. The monoisotopic (exact) mass is 679 g/mol. The zero-order valence-corrected chi connectivity index (χ0v) is 26.7. The zero-order chi connectivity index (χ0) is 30.0. The highest BCUT2D eigenvalue weighted by atomic mass is 127. The maximum absolute atomic E-state index is 14.5. The van der Waals surface area contributed by atoms with E-state index in [4.69, 9.17) is 4.43 Å². The largest absolute Gasteiger partial charge is 0.416 e. The fourth-order valence-electron chi connectivity index (χ4n) is 3.65. The molecule has 0 spiro atoms. The van der Waals surface area contributed by atoms with Gasteiger partial charge in [0, 0.05) is 6.92 Å². The molecule has 0 fully saturated rings. The van der Waals surface area contributed by atoms with Crippen LogP contribution in [-0.2, 0) is 20.6 Å². The highest BCUT2D eigenvalue weighted by Gasteiger charge is 2.58. The molecule has 0 aliphatic heterocycles. The van der Waals surface area contributed by atoms with E-state index in [1.807, 2.05) is 20.8 Å². The quantitative estimate of drug-likeness (QED) is 0.140. The number of anilines is 1. The minimum Gasteiger partial charge on any atom is -0.403 e. The number of hydrogen-bond acceptors (Lipinski definition) is 4. The first kappa shape index (κ1) is 33.0. The van der Waals surface area contributed by atoms with Gasteiger partial charge in [-0.1, -0.05) is 87.5 Å². The molecule has 1 heterocycles. The molecule has 0 saturated heterocycles. The van der Waals surface area contributed by atoms with E-state index in [9.17, 15) is 27.6 Å². The van der Waals surface area contributed by atoms with E-state index in [-0.39, 0.29) is 5.69 Å². The number of hydrogen-bond donors (Lipinski definition) is 2. The molecule has 2 atom stereocenters. The Hall–Kier alpha value is -2.19. The molecular formula is C27H37F3IN3O4Si. The summed E-state index contributed by atoms with van der Waals surface area (Å²) >= 11 is 1.63. The first-order chi connectivity index (χ1) is 17.7. The van der Waals surface area contributed by atoms with E-state index < -0.39 is 59.0 Å². The summed E-state index contributed by atoms with van der Waals surface area (Å²) in [5.74, 6) is -1.96. The van der Waals surface area contributed by atoms with E-state index in [2.05, 4.69) is 10.6 Å². The van der Waals surface area contributed by atoms with Crippen LogP contribution in [0.3, 0.4) is 0 Å². The van der Waals surface area contributed by atoms with Crippen LogP contribution < -0.4 is 16.2 Å². The van der Waals surface area contributed by atoms with Crippen molar-refractivity contribution in [3.8, 4) is 11.3 Å². The third-order valence-electron chi connectivity index (χ3n) is 6.92. The van der Waals surface area contributed by atoms with Gasteiger partial charge in [0.15, 0.2) is 14.4 Å². The third-order valence-corrected chi connectivity index (χ3v) is 13.4. The molecule has 0 bridgehead atoms. The van der Waals surface area contributed by atoms with Crippen molar-refractivity contribution in [3.63, 3.8) is 0 Å². The lowest BCUT2D eigenvalue weighted by molar-refractivity contribution is -0.212. The molecule has 2 aromatic rings. The van der Waals surface area contributed by atoms with Crippen LogP contribution in [0.2, 0.25) is 18.1 Å². The molecule has 0 aliphatic carbocycles. The second-order valence-electron chi connectivity index (χ2n) is 11.3. The Morgan fingerprint density at radius 2 is 1.62 bits per heavy atom. The van der Waals surface area contributed by atoms with Gasteiger partial charge < -0.3 is 15.1 Å². The molecule has 2 rings (SSSR count). The summed E-state index contributed by atoms with van der Waals surface area (Å²) in [6.07, 6.45) is -7.06. The first-order valence-electron chi connectivity index (χ1n) is 12.5. The van der Waals surface area contributed by atoms with Gasteiger partial charge in [-0.05, 0) is 41.7 Å². The summed E-state index contributed by atoms with van der Waals surface area (Å²) < 4.78 is 48.8. The lowest BCUT2D eigenvalue weighted by atomic mass is 9.97. The summed E-state index contributed by atoms with van der Waals surface area (Å²) in [7, 11) is -2.92. The van der Waals surface area contributed by atoms with E-state index in [0.717, 1.165) is 4.57 Å². The standard InChI is InChI=1S/C27H37F3IN3O4Si/c1-17(2)26(31,24(27(28,29)30)38-39(7,8)25(4,5)6)33-22(36)16-34-21(19-12-10-9-11-13-19)15-14-20(23(34)37)32-18(3)35/h9-15,17,24H,16H2,1-8H3,(H,32,35)(H,33,36). The average molecular weight is 680 g/mol. The lowest BCUT2D eigenvalue weighted by Gasteiger charge is -2.46. The van der Waals surface area contributed by atoms with Crippen LogP contribution in [0, 0.1) is 5.92 Å². The minimum atomic E-state index is -4.77. The number of amides is 2. The number of pyridine rings is 1. The number of alkyl halides is 4. The Labute approximate surface area is 242 Å². The normalized spacial score (nSPS) is 15.0. The molecule has 1 aromatic heterocycles. The lowest BCUT2D eigenvalue weighted by Crippen LogP contribution is -2.64. The van der Waals surface area contributed by atoms with E-state index in [1.165, 1.54) is 13.0 Å². The summed E-state index contributed by atoms with van der Waals surface area (Å²) in [5.41, 5.74) is 0.290. The molecular weight excluding hydrogens is 642 g/mol. The van der Waals surface area contributed by atoms with Crippen molar-refractivity contribution in [2.75, 3.05) is 5.32 Å². The molecule has 0 aliphatic rings. The van der Waals surface area contributed by atoms with Gasteiger partial charge >= 0.3 is 6.18 Å². The van der Waals surface area contributed by atoms with Gasteiger partial charge in [-0.2, -0.15) is 13.2 Å². The van der Waals surface area contributed by atoms with Gasteiger partial charge in [0.2, 0.25) is 11.8 Å². The Bertz CT molecular complexity index is 1240. The van der Waals surface area contributed by atoms with Gasteiger partial charge in [-0.3, -0.25) is 19.0 Å². The summed E-state index contributed by atoms with van der Waals surface area (Å²) in [6, 6.07) is 11.8. The van der Waals surface area contributed by atoms with Crippen LogP contribution in [-0.4, -0.2) is 40.5 Å². The van der Waals surface area contributed by atoms with Gasteiger partial charge in [0.05, 0.1) is 5.69 Å².